The molecular weight excluding hydrogens is 366 g/mol. The van der Waals surface area contributed by atoms with Gasteiger partial charge in [-0.3, -0.25) is 0 Å². The summed E-state index contributed by atoms with van der Waals surface area (Å²) in [5.41, 5.74) is 3.66. The Morgan fingerprint density at radius 3 is 1.90 bits per heavy atom. The second-order valence-electron chi connectivity index (χ2n) is 7.10. The number of allylic oxidation sites excluding steroid dienone is 8. The van der Waals surface area contributed by atoms with Crippen LogP contribution in [-0.2, 0) is 20.3 Å². The first-order chi connectivity index (χ1) is 8.45. The van der Waals surface area contributed by atoms with Gasteiger partial charge in [0.15, 0.2) is 0 Å². The van der Waals surface area contributed by atoms with Crippen molar-refractivity contribution in [1.29, 1.82) is 0 Å². The Morgan fingerprint density at radius 1 is 0.900 bits per heavy atom. The molecule has 0 saturated carbocycles. The molecule has 0 radical (unpaired) electrons. The van der Waals surface area contributed by atoms with Crippen LogP contribution in [0.4, 0.5) is 0 Å². The van der Waals surface area contributed by atoms with E-state index in [9.17, 15) is 0 Å². The van der Waals surface area contributed by atoms with Gasteiger partial charge >= 0.3 is 116 Å². The molecule has 0 amide bonds. The second-order valence-corrected chi connectivity index (χ2v) is 17.8. The number of hydrogen-bond acceptors (Lipinski definition) is 0. The Kier molecular flexibility index (Phi) is 5.79. The zero-order chi connectivity index (χ0) is 13.0. The third-order valence-corrected chi connectivity index (χ3v) is 16.8. The van der Waals surface area contributed by atoms with Crippen LogP contribution in [0.25, 0.3) is 0 Å². The number of rotatable bonds is 2. The molecule has 1 heterocycles. The summed E-state index contributed by atoms with van der Waals surface area (Å²) in [7, 11) is 0. The standard InChI is InChI=1S/C9H13.C6H7.C2H4.2ClH.Zr/c1-9(2,3)8-6-4-5-7-8;1-6-4-2-3-5-6;1-2;;;/h4,6H,5H2,1-3H3;2,4H,3H2,1H3;1-2H2;2*1H;/q;;;;;+2/p-2. The average Bonchev–Trinajstić information content (AvgIpc) is 2.77. The molecule has 3 aliphatic rings. The number of halogens is 2. The van der Waals surface area contributed by atoms with Crippen LogP contribution >= 0.6 is 0 Å². The van der Waals surface area contributed by atoms with Crippen LogP contribution in [0.1, 0.15) is 40.5 Å². The van der Waals surface area contributed by atoms with Crippen molar-refractivity contribution in [3.05, 3.63) is 42.0 Å². The fourth-order valence-corrected chi connectivity index (χ4v) is 18.8. The summed E-state index contributed by atoms with van der Waals surface area (Å²) < 4.78 is 7.03. The van der Waals surface area contributed by atoms with E-state index in [0.29, 0.717) is 5.41 Å². The zero-order valence-electron chi connectivity index (χ0n) is 12.9. The minimum atomic E-state index is -2.02. The molecule has 110 valence electrons. The van der Waals surface area contributed by atoms with E-state index in [-0.39, 0.29) is 24.8 Å². The van der Waals surface area contributed by atoms with E-state index in [1.165, 1.54) is 12.8 Å². The van der Waals surface area contributed by atoms with Gasteiger partial charge in [-0.2, -0.15) is 0 Å². The maximum atomic E-state index is 2.44. The van der Waals surface area contributed by atoms with Crippen molar-refractivity contribution in [3.8, 4) is 0 Å². The van der Waals surface area contributed by atoms with E-state index in [4.69, 9.17) is 0 Å². The molecule has 0 aromatic heterocycles. The SMILES string of the molecule is CC1=[C]([Zr+2]2([C]3=C(C(C)(C)C)C=CC3)[CH2][CH2]2)CC=C1.[Cl-].[Cl-]. The average molecular weight is 391 g/mol. The zero-order valence-corrected chi connectivity index (χ0v) is 16.9. The number of hydrogen-bond donors (Lipinski definition) is 0. The van der Waals surface area contributed by atoms with Gasteiger partial charge in [0, 0.05) is 0 Å². The molecule has 0 aromatic rings. The summed E-state index contributed by atoms with van der Waals surface area (Å²) in [6, 6.07) is 0. The molecule has 1 saturated heterocycles. The first-order valence-electron chi connectivity index (χ1n) is 7.22. The van der Waals surface area contributed by atoms with Crippen LogP contribution in [0.3, 0.4) is 0 Å². The molecule has 0 atom stereocenters. The monoisotopic (exact) mass is 388 g/mol. The molecule has 2 aliphatic carbocycles. The van der Waals surface area contributed by atoms with Crippen LogP contribution in [0.15, 0.2) is 42.0 Å². The summed E-state index contributed by atoms with van der Waals surface area (Å²) in [6.45, 7) is 9.49. The van der Waals surface area contributed by atoms with Gasteiger partial charge in [0.05, 0.1) is 0 Å². The molecule has 1 fully saturated rings. The molecule has 0 spiro atoms. The topological polar surface area (TPSA) is 0 Å². The van der Waals surface area contributed by atoms with Crippen molar-refractivity contribution in [2.45, 2.75) is 48.8 Å². The molecule has 0 unspecified atom stereocenters. The maximum Gasteiger partial charge on any atom is -1.00 e. The summed E-state index contributed by atoms with van der Waals surface area (Å²) >= 11 is -2.02. The fourth-order valence-electron chi connectivity index (χ4n) is 3.76. The minimum Gasteiger partial charge on any atom is -1.00 e. The summed E-state index contributed by atoms with van der Waals surface area (Å²) in [5.74, 6) is 0. The Hall–Kier alpha value is 0.423. The Bertz CT molecular complexity index is 512. The summed E-state index contributed by atoms with van der Waals surface area (Å²) in [4.78, 5) is 0. The molecule has 3 heteroatoms. The van der Waals surface area contributed by atoms with Gasteiger partial charge in [0.1, 0.15) is 0 Å². The Morgan fingerprint density at radius 2 is 1.45 bits per heavy atom. The molecule has 0 nitrogen and oxygen atoms in total. The third-order valence-electron chi connectivity index (χ3n) is 4.81. The smallest absolute Gasteiger partial charge is 1.00 e. The fraction of sp³-hybridized carbons (Fsp3) is 0.529. The molecule has 3 rings (SSSR count). The van der Waals surface area contributed by atoms with Crippen LogP contribution in [0, 0.1) is 5.41 Å². The van der Waals surface area contributed by atoms with Crippen molar-refractivity contribution in [2.24, 2.45) is 5.41 Å². The van der Waals surface area contributed by atoms with Crippen molar-refractivity contribution in [1.82, 2.24) is 0 Å². The van der Waals surface area contributed by atoms with Crippen LogP contribution in [0.5, 0.6) is 0 Å². The molecular formula is C17H24Cl2Zr. The van der Waals surface area contributed by atoms with Gasteiger partial charge in [-0.05, 0) is 0 Å². The predicted molar refractivity (Wildman–Crippen MR) is 76.3 cm³/mol. The Balaban J connectivity index is 0.000001000. The van der Waals surface area contributed by atoms with Gasteiger partial charge in [-0.1, -0.05) is 0 Å². The second kappa shape index (κ2) is 6.27. The van der Waals surface area contributed by atoms with Gasteiger partial charge in [0.25, 0.3) is 0 Å². The van der Waals surface area contributed by atoms with E-state index in [2.05, 4.69) is 52.0 Å². The van der Waals surface area contributed by atoms with E-state index < -0.39 is 20.3 Å². The predicted octanol–water partition coefficient (Wildman–Crippen LogP) is -0.507. The van der Waals surface area contributed by atoms with E-state index >= 15 is 0 Å². The molecule has 0 N–H and O–H groups in total. The van der Waals surface area contributed by atoms with Crippen LogP contribution < -0.4 is 24.8 Å². The van der Waals surface area contributed by atoms with Gasteiger partial charge < -0.3 is 24.8 Å². The molecule has 0 aromatic carbocycles. The molecule has 20 heavy (non-hydrogen) atoms. The molecule has 0 bridgehead atoms. The van der Waals surface area contributed by atoms with Crippen molar-refractivity contribution < 1.29 is 45.1 Å². The van der Waals surface area contributed by atoms with E-state index in [0.717, 1.165) is 0 Å². The van der Waals surface area contributed by atoms with Gasteiger partial charge in [-0.15, -0.1) is 0 Å². The van der Waals surface area contributed by atoms with Crippen molar-refractivity contribution >= 4 is 0 Å². The van der Waals surface area contributed by atoms with Gasteiger partial charge in [0.2, 0.25) is 0 Å². The largest absolute Gasteiger partial charge is 1.00 e. The van der Waals surface area contributed by atoms with E-state index in [1.807, 2.05) is 6.56 Å². The summed E-state index contributed by atoms with van der Waals surface area (Å²) in [5, 5.41) is 0. The Labute approximate surface area is 140 Å². The van der Waals surface area contributed by atoms with Crippen molar-refractivity contribution in [2.75, 3.05) is 0 Å². The third kappa shape index (κ3) is 2.97. The van der Waals surface area contributed by atoms with Crippen LogP contribution in [-0.4, -0.2) is 0 Å². The first-order valence-corrected chi connectivity index (χ1v) is 13.2. The quantitative estimate of drug-likeness (QED) is 0.596. The van der Waals surface area contributed by atoms with Crippen molar-refractivity contribution in [3.63, 3.8) is 0 Å². The normalized spacial score (nSPS) is 21.4. The van der Waals surface area contributed by atoms with E-state index in [1.54, 1.807) is 19.4 Å². The maximum absolute atomic E-state index is 2.44. The first kappa shape index (κ1) is 18.5. The van der Waals surface area contributed by atoms with Crippen LogP contribution in [0.2, 0.25) is 8.26 Å². The van der Waals surface area contributed by atoms with Gasteiger partial charge in [-0.25, -0.2) is 0 Å². The molecule has 1 aliphatic heterocycles. The minimum absolute atomic E-state index is 0. The summed E-state index contributed by atoms with van der Waals surface area (Å²) in [6.07, 6.45) is 12.2.